The first-order valence-electron chi connectivity index (χ1n) is 7.69. The van der Waals surface area contributed by atoms with Crippen LogP contribution in [-0.4, -0.2) is 34.9 Å². The first kappa shape index (κ1) is 16.1. The number of nitrogens with one attached hydrogen (secondary N) is 1. The van der Waals surface area contributed by atoms with Crippen LogP contribution in [0.1, 0.15) is 50.2 Å². The van der Waals surface area contributed by atoms with Crippen molar-refractivity contribution in [1.82, 2.24) is 9.88 Å². The van der Waals surface area contributed by atoms with E-state index in [1.54, 1.807) is 0 Å². The number of aromatic nitrogens is 1. The number of nitrogens with zero attached hydrogens (tertiary/aromatic N) is 2. The molecule has 21 heavy (non-hydrogen) atoms. The van der Waals surface area contributed by atoms with Gasteiger partial charge in [-0.25, -0.2) is 4.98 Å². The highest BCUT2D eigenvalue weighted by Gasteiger charge is 2.30. The highest BCUT2D eigenvalue weighted by atomic mass is 32.1. The Morgan fingerprint density at radius 2 is 2.24 bits per heavy atom. The van der Waals surface area contributed by atoms with Gasteiger partial charge < -0.3 is 16.0 Å². The van der Waals surface area contributed by atoms with Crippen LogP contribution in [0.2, 0.25) is 0 Å². The van der Waals surface area contributed by atoms with Gasteiger partial charge in [-0.15, -0.1) is 0 Å². The van der Waals surface area contributed by atoms with Crippen molar-refractivity contribution < 1.29 is 4.79 Å². The predicted octanol–water partition coefficient (Wildman–Crippen LogP) is 3.05. The Kier molecular flexibility index (Phi) is 5.08. The molecule has 1 saturated heterocycles. The van der Waals surface area contributed by atoms with Gasteiger partial charge in [0, 0.05) is 19.1 Å². The number of likely N-dealkylation sites (tertiary alicyclic amines) is 1. The predicted molar refractivity (Wildman–Crippen MR) is 88.8 cm³/mol. The molecule has 2 heterocycles. The fraction of sp³-hybridized carbons (Fsp3) is 0.733. The van der Waals surface area contributed by atoms with E-state index in [0.29, 0.717) is 22.5 Å². The zero-order valence-electron chi connectivity index (χ0n) is 13.3. The van der Waals surface area contributed by atoms with Crippen LogP contribution in [0.15, 0.2) is 0 Å². The molecule has 1 aromatic rings. The van der Waals surface area contributed by atoms with Crippen LogP contribution in [0.3, 0.4) is 0 Å². The van der Waals surface area contributed by atoms with Crippen molar-refractivity contribution in [2.45, 2.75) is 46.6 Å². The minimum atomic E-state index is 0.0296. The maximum absolute atomic E-state index is 12.7. The lowest BCUT2D eigenvalue weighted by molar-refractivity contribution is 0.0594. The molecular weight excluding hydrogens is 284 g/mol. The van der Waals surface area contributed by atoms with Crippen LogP contribution in [0, 0.1) is 11.8 Å². The van der Waals surface area contributed by atoms with Crippen LogP contribution in [0.5, 0.6) is 0 Å². The van der Waals surface area contributed by atoms with E-state index in [1.807, 2.05) is 4.90 Å². The molecule has 1 aliphatic heterocycles. The summed E-state index contributed by atoms with van der Waals surface area (Å²) in [6.45, 7) is 10.3. The van der Waals surface area contributed by atoms with Gasteiger partial charge in [0.05, 0.1) is 0 Å². The van der Waals surface area contributed by atoms with Crippen molar-refractivity contribution in [2.24, 2.45) is 11.8 Å². The fourth-order valence-corrected chi connectivity index (χ4v) is 3.54. The van der Waals surface area contributed by atoms with Crippen LogP contribution in [0.25, 0.3) is 0 Å². The molecule has 2 atom stereocenters. The molecule has 0 radical (unpaired) electrons. The fourth-order valence-electron chi connectivity index (χ4n) is 2.69. The molecule has 0 spiro atoms. The van der Waals surface area contributed by atoms with Gasteiger partial charge in [0.1, 0.15) is 10.7 Å². The van der Waals surface area contributed by atoms with Crippen molar-refractivity contribution >= 4 is 28.2 Å². The molecule has 0 aliphatic carbocycles. The summed E-state index contributed by atoms with van der Waals surface area (Å²) in [4.78, 5) is 19.5. The number of hydrogen-bond acceptors (Lipinski definition) is 5. The Labute approximate surface area is 130 Å². The molecule has 118 valence electrons. The monoisotopic (exact) mass is 310 g/mol. The second-order valence-corrected chi connectivity index (χ2v) is 7.48. The van der Waals surface area contributed by atoms with Crippen molar-refractivity contribution in [2.75, 3.05) is 24.1 Å². The highest BCUT2D eigenvalue weighted by Crippen LogP contribution is 2.30. The summed E-state index contributed by atoms with van der Waals surface area (Å²) < 4.78 is 0. The van der Waals surface area contributed by atoms with Crippen molar-refractivity contribution in [1.29, 1.82) is 0 Å². The number of rotatable bonds is 4. The first-order valence-corrected chi connectivity index (χ1v) is 8.51. The maximum Gasteiger partial charge on any atom is 0.268 e. The molecule has 1 amide bonds. The van der Waals surface area contributed by atoms with Gasteiger partial charge >= 0.3 is 0 Å². The van der Waals surface area contributed by atoms with Crippen LogP contribution < -0.4 is 11.1 Å². The van der Waals surface area contributed by atoms with Crippen LogP contribution in [-0.2, 0) is 0 Å². The lowest BCUT2D eigenvalue weighted by atomic mass is 9.93. The van der Waals surface area contributed by atoms with E-state index < -0.39 is 0 Å². The lowest BCUT2D eigenvalue weighted by Crippen LogP contribution is -2.44. The SMILES string of the molecule is CC(C)CNc1nc(N)c(C(=O)N2CCC(C)CC2C)s1. The second-order valence-electron chi connectivity index (χ2n) is 6.49. The summed E-state index contributed by atoms with van der Waals surface area (Å²) in [7, 11) is 0. The Morgan fingerprint density at radius 3 is 2.86 bits per heavy atom. The lowest BCUT2D eigenvalue weighted by Gasteiger charge is -2.36. The van der Waals surface area contributed by atoms with Gasteiger partial charge in [0.15, 0.2) is 5.13 Å². The summed E-state index contributed by atoms with van der Waals surface area (Å²) in [6, 6.07) is 0.273. The molecule has 0 saturated carbocycles. The standard InChI is InChI=1S/C15H26N4OS/c1-9(2)8-17-15-18-13(16)12(21-15)14(20)19-6-5-10(3)7-11(19)4/h9-11H,5-8,16H2,1-4H3,(H,17,18). The largest absolute Gasteiger partial charge is 0.382 e. The topological polar surface area (TPSA) is 71.2 Å². The number of thiazole rings is 1. The third-order valence-corrected chi connectivity index (χ3v) is 4.93. The average Bonchev–Trinajstić information content (AvgIpc) is 2.77. The molecule has 3 N–H and O–H groups in total. The molecule has 6 heteroatoms. The number of amides is 1. The first-order chi connectivity index (χ1) is 9.88. The van der Waals surface area contributed by atoms with E-state index in [0.717, 1.165) is 31.1 Å². The zero-order chi connectivity index (χ0) is 15.6. The van der Waals surface area contributed by atoms with Crippen molar-refractivity contribution in [3.05, 3.63) is 4.88 Å². The Morgan fingerprint density at radius 1 is 1.52 bits per heavy atom. The van der Waals surface area contributed by atoms with Gasteiger partial charge in [0.25, 0.3) is 5.91 Å². The highest BCUT2D eigenvalue weighted by molar-refractivity contribution is 7.18. The normalized spacial score (nSPS) is 22.6. The number of nitrogen functional groups attached to an aromatic ring is 1. The number of anilines is 2. The summed E-state index contributed by atoms with van der Waals surface area (Å²) in [5.41, 5.74) is 5.94. The van der Waals surface area contributed by atoms with Gasteiger partial charge in [0.2, 0.25) is 0 Å². The van der Waals surface area contributed by atoms with E-state index in [1.165, 1.54) is 11.3 Å². The van der Waals surface area contributed by atoms with E-state index in [2.05, 4.69) is 38.0 Å². The summed E-state index contributed by atoms with van der Waals surface area (Å²) in [5, 5.41) is 3.98. The van der Waals surface area contributed by atoms with E-state index in [9.17, 15) is 4.79 Å². The van der Waals surface area contributed by atoms with E-state index in [-0.39, 0.29) is 11.9 Å². The Hall–Kier alpha value is -1.30. The Bertz CT molecular complexity index is 500. The summed E-state index contributed by atoms with van der Waals surface area (Å²) in [5.74, 6) is 1.59. The zero-order valence-corrected chi connectivity index (χ0v) is 14.2. The smallest absolute Gasteiger partial charge is 0.268 e. The maximum atomic E-state index is 12.7. The third-order valence-electron chi connectivity index (χ3n) is 3.91. The number of piperidine rings is 1. The number of nitrogens with two attached hydrogens (primary N) is 1. The van der Waals surface area contributed by atoms with Crippen molar-refractivity contribution in [3.63, 3.8) is 0 Å². The van der Waals surface area contributed by atoms with Gasteiger partial charge in [-0.3, -0.25) is 4.79 Å². The van der Waals surface area contributed by atoms with Gasteiger partial charge in [-0.1, -0.05) is 32.1 Å². The molecule has 0 bridgehead atoms. The third kappa shape index (κ3) is 3.87. The molecule has 0 aromatic carbocycles. The van der Waals surface area contributed by atoms with E-state index >= 15 is 0 Å². The molecular formula is C15H26N4OS. The minimum absolute atomic E-state index is 0.0296. The molecule has 2 rings (SSSR count). The molecule has 1 aliphatic rings. The average molecular weight is 310 g/mol. The minimum Gasteiger partial charge on any atom is -0.382 e. The number of carbonyl (C=O) groups is 1. The summed E-state index contributed by atoms with van der Waals surface area (Å²) in [6.07, 6.45) is 2.12. The molecule has 1 fully saturated rings. The number of hydrogen-bond donors (Lipinski definition) is 2. The quantitative estimate of drug-likeness (QED) is 0.896. The molecule has 2 unspecified atom stereocenters. The van der Waals surface area contributed by atoms with Gasteiger partial charge in [-0.2, -0.15) is 0 Å². The van der Waals surface area contributed by atoms with Crippen LogP contribution in [0.4, 0.5) is 10.9 Å². The number of carbonyl (C=O) groups excluding carboxylic acids is 1. The molecule has 5 nitrogen and oxygen atoms in total. The van der Waals surface area contributed by atoms with E-state index in [4.69, 9.17) is 5.73 Å². The van der Waals surface area contributed by atoms with Gasteiger partial charge in [-0.05, 0) is 31.6 Å². The Balaban J connectivity index is 2.08. The second kappa shape index (κ2) is 6.64. The van der Waals surface area contributed by atoms with Crippen molar-refractivity contribution in [3.8, 4) is 0 Å². The van der Waals surface area contributed by atoms with Crippen LogP contribution >= 0.6 is 11.3 Å². The molecule has 1 aromatic heterocycles. The summed E-state index contributed by atoms with van der Waals surface area (Å²) >= 11 is 1.37.